The van der Waals surface area contributed by atoms with E-state index in [0.717, 1.165) is 5.52 Å². The molecule has 0 radical (unpaired) electrons. The van der Waals surface area contributed by atoms with Gasteiger partial charge in [0.2, 0.25) is 0 Å². The number of aromatic nitrogens is 1. The zero-order chi connectivity index (χ0) is 11.7. The van der Waals surface area contributed by atoms with Crippen LogP contribution in [0.25, 0.3) is 10.9 Å². The fourth-order valence-corrected chi connectivity index (χ4v) is 1.64. The summed E-state index contributed by atoms with van der Waals surface area (Å²) < 4.78 is 9.77. The van der Waals surface area contributed by atoms with Gasteiger partial charge in [0, 0.05) is 10.9 Å². The van der Waals surface area contributed by atoms with Gasteiger partial charge in [0.05, 0.1) is 14.2 Å². The summed E-state index contributed by atoms with van der Waals surface area (Å²) in [6.45, 7) is 0. The van der Waals surface area contributed by atoms with Crippen molar-refractivity contribution in [1.82, 2.24) is 4.98 Å². The fourth-order valence-electron chi connectivity index (χ4n) is 1.64. The van der Waals surface area contributed by atoms with Crippen molar-refractivity contribution in [2.75, 3.05) is 20.0 Å². The van der Waals surface area contributed by atoms with Crippen LogP contribution in [0.1, 0.15) is 10.4 Å². The van der Waals surface area contributed by atoms with Crippen molar-refractivity contribution in [1.29, 1.82) is 0 Å². The summed E-state index contributed by atoms with van der Waals surface area (Å²) in [6.07, 6.45) is 0. The van der Waals surface area contributed by atoms with Crippen LogP contribution >= 0.6 is 0 Å². The second-order valence-corrected chi connectivity index (χ2v) is 3.32. The molecule has 1 heterocycles. The van der Waals surface area contributed by atoms with Gasteiger partial charge < -0.3 is 20.2 Å². The second-order valence-electron chi connectivity index (χ2n) is 3.32. The molecule has 1 aromatic carbocycles. The van der Waals surface area contributed by atoms with Crippen molar-refractivity contribution < 1.29 is 14.3 Å². The topological polar surface area (TPSA) is 77.3 Å². The maximum Gasteiger partial charge on any atom is 0.342 e. The Labute approximate surface area is 92.1 Å². The second kappa shape index (κ2) is 3.77. The molecule has 0 aliphatic rings. The van der Waals surface area contributed by atoms with Gasteiger partial charge in [-0.1, -0.05) is 0 Å². The fraction of sp³-hybridized carbons (Fsp3) is 0.182. The third-order valence-corrected chi connectivity index (χ3v) is 2.42. The number of H-pyrrole nitrogens is 1. The molecule has 0 fully saturated rings. The molecule has 5 heteroatoms. The number of nitrogens with one attached hydrogen (secondary N) is 1. The van der Waals surface area contributed by atoms with Gasteiger partial charge in [-0.25, -0.2) is 4.79 Å². The molecule has 0 bridgehead atoms. The van der Waals surface area contributed by atoms with E-state index in [-0.39, 0.29) is 0 Å². The highest BCUT2D eigenvalue weighted by Gasteiger charge is 2.17. The number of nitrogens with two attached hydrogens (primary N) is 1. The van der Waals surface area contributed by atoms with Gasteiger partial charge in [-0.15, -0.1) is 0 Å². The normalized spacial score (nSPS) is 10.4. The number of nitrogen functional groups attached to an aromatic ring is 1. The molecule has 16 heavy (non-hydrogen) atoms. The Morgan fingerprint density at radius 2 is 2.12 bits per heavy atom. The Kier molecular flexibility index (Phi) is 2.44. The van der Waals surface area contributed by atoms with Gasteiger partial charge in [-0.2, -0.15) is 0 Å². The Bertz CT molecular complexity index is 545. The molecule has 3 N–H and O–H groups in total. The van der Waals surface area contributed by atoms with Crippen LogP contribution in [0.3, 0.4) is 0 Å². The van der Waals surface area contributed by atoms with Crippen LogP contribution in [0, 0.1) is 0 Å². The van der Waals surface area contributed by atoms with E-state index < -0.39 is 5.97 Å². The van der Waals surface area contributed by atoms with Gasteiger partial charge >= 0.3 is 5.97 Å². The monoisotopic (exact) mass is 220 g/mol. The minimum atomic E-state index is -0.461. The number of aromatic amines is 1. The number of hydrogen-bond acceptors (Lipinski definition) is 4. The molecule has 2 aromatic rings. The molecule has 2 rings (SSSR count). The number of benzene rings is 1. The first-order valence-electron chi connectivity index (χ1n) is 4.71. The number of carbonyl (C=O) groups excluding carboxylic acids is 1. The third kappa shape index (κ3) is 1.46. The Morgan fingerprint density at radius 1 is 1.38 bits per heavy atom. The summed E-state index contributed by atoms with van der Waals surface area (Å²) >= 11 is 0. The van der Waals surface area contributed by atoms with Crippen molar-refractivity contribution in [3.63, 3.8) is 0 Å². The van der Waals surface area contributed by atoms with E-state index in [1.54, 1.807) is 25.3 Å². The summed E-state index contributed by atoms with van der Waals surface area (Å²) in [5.41, 5.74) is 6.84. The van der Waals surface area contributed by atoms with E-state index in [4.69, 9.17) is 10.5 Å². The van der Waals surface area contributed by atoms with Crippen molar-refractivity contribution in [2.45, 2.75) is 0 Å². The average molecular weight is 220 g/mol. The molecule has 0 spiro atoms. The largest absolute Gasteiger partial charge is 0.497 e. The Morgan fingerprint density at radius 3 is 2.75 bits per heavy atom. The molecule has 0 aliphatic carbocycles. The van der Waals surface area contributed by atoms with Crippen LogP contribution in [-0.4, -0.2) is 25.2 Å². The lowest BCUT2D eigenvalue weighted by Gasteiger charge is -2.01. The number of ether oxygens (including phenoxy) is 2. The Hall–Kier alpha value is -2.17. The molecule has 1 aromatic heterocycles. The first kappa shape index (κ1) is 10.4. The average Bonchev–Trinajstić information content (AvgIpc) is 2.63. The summed E-state index contributed by atoms with van der Waals surface area (Å²) in [6, 6.07) is 5.34. The standard InChI is InChI=1S/C11H12N2O3/c1-15-6-3-4-8-7(5-6)9(10(12)13-8)11(14)16-2/h3-5,13H,12H2,1-2H3. The van der Waals surface area contributed by atoms with Gasteiger partial charge in [0.1, 0.15) is 17.1 Å². The molecule has 0 saturated carbocycles. The number of carbonyl (C=O) groups is 1. The quantitative estimate of drug-likeness (QED) is 0.752. The van der Waals surface area contributed by atoms with Crippen molar-refractivity contribution in [2.24, 2.45) is 0 Å². The zero-order valence-electron chi connectivity index (χ0n) is 9.03. The number of hydrogen-bond donors (Lipinski definition) is 2. The van der Waals surface area contributed by atoms with Gasteiger partial charge in [-0.05, 0) is 18.2 Å². The van der Waals surface area contributed by atoms with E-state index in [1.165, 1.54) is 7.11 Å². The lowest BCUT2D eigenvalue weighted by molar-refractivity contribution is 0.0604. The predicted octanol–water partition coefficient (Wildman–Crippen LogP) is 1.55. The van der Waals surface area contributed by atoms with Crippen LogP contribution < -0.4 is 10.5 Å². The number of rotatable bonds is 2. The van der Waals surface area contributed by atoms with Crippen LogP contribution in [0.2, 0.25) is 0 Å². The van der Waals surface area contributed by atoms with Gasteiger partial charge in [0.25, 0.3) is 0 Å². The number of anilines is 1. The molecule has 84 valence electrons. The van der Waals surface area contributed by atoms with Gasteiger partial charge in [0.15, 0.2) is 0 Å². The van der Waals surface area contributed by atoms with Crippen molar-refractivity contribution >= 4 is 22.7 Å². The highest BCUT2D eigenvalue weighted by atomic mass is 16.5. The first-order chi connectivity index (χ1) is 7.67. The predicted molar refractivity (Wildman–Crippen MR) is 60.6 cm³/mol. The zero-order valence-corrected chi connectivity index (χ0v) is 9.03. The summed E-state index contributed by atoms with van der Waals surface area (Å²) in [4.78, 5) is 14.5. The number of esters is 1. The van der Waals surface area contributed by atoms with Crippen LogP contribution in [0.15, 0.2) is 18.2 Å². The molecule has 0 amide bonds. The molecule has 0 saturated heterocycles. The molecule has 0 unspecified atom stereocenters. The molecule has 0 atom stereocenters. The van der Waals surface area contributed by atoms with Crippen molar-refractivity contribution in [3.05, 3.63) is 23.8 Å². The Balaban J connectivity index is 2.70. The number of fused-ring (bicyclic) bond motifs is 1. The van der Waals surface area contributed by atoms with E-state index in [1.807, 2.05) is 0 Å². The van der Waals surface area contributed by atoms with Crippen LogP contribution in [0.4, 0.5) is 5.82 Å². The molecular weight excluding hydrogens is 208 g/mol. The lowest BCUT2D eigenvalue weighted by atomic mass is 10.1. The first-order valence-corrected chi connectivity index (χ1v) is 4.71. The summed E-state index contributed by atoms with van der Waals surface area (Å²) in [5, 5.41) is 0.698. The molecule has 5 nitrogen and oxygen atoms in total. The highest BCUT2D eigenvalue weighted by Crippen LogP contribution is 2.28. The minimum Gasteiger partial charge on any atom is -0.497 e. The van der Waals surface area contributed by atoms with E-state index in [2.05, 4.69) is 9.72 Å². The summed E-state index contributed by atoms with van der Waals surface area (Å²) in [5.74, 6) is 0.503. The van der Waals surface area contributed by atoms with E-state index >= 15 is 0 Å². The maximum absolute atomic E-state index is 11.5. The lowest BCUT2D eigenvalue weighted by Crippen LogP contribution is -2.03. The SMILES string of the molecule is COC(=O)c1c(N)[nH]c2ccc(OC)cc12. The molecular formula is C11H12N2O3. The molecule has 0 aliphatic heterocycles. The van der Waals surface area contributed by atoms with Crippen molar-refractivity contribution in [3.8, 4) is 5.75 Å². The smallest absolute Gasteiger partial charge is 0.342 e. The van der Waals surface area contributed by atoms with Crippen LogP contribution in [-0.2, 0) is 4.74 Å². The minimum absolute atomic E-state index is 0.301. The third-order valence-electron chi connectivity index (χ3n) is 2.42. The maximum atomic E-state index is 11.5. The van der Waals surface area contributed by atoms with E-state index in [9.17, 15) is 4.79 Å². The van der Waals surface area contributed by atoms with E-state index in [0.29, 0.717) is 22.5 Å². The highest BCUT2D eigenvalue weighted by molar-refractivity contribution is 6.09. The summed E-state index contributed by atoms with van der Waals surface area (Å²) in [7, 11) is 2.88. The number of methoxy groups -OCH3 is 2. The van der Waals surface area contributed by atoms with Gasteiger partial charge in [-0.3, -0.25) is 0 Å². The van der Waals surface area contributed by atoms with Crippen LogP contribution in [0.5, 0.6) is 5.75 Å².